The van der Waals surface area contributed by atoms with Crippen LogP contribution in [0.15, 0.2) is 53.9 Å². The number of sulfonamides is 1. The lowest BCUT2D eigenvalue weighted by Gasteiger charge is -2.34. The Morgan fingerprint density at radius 1 is 1.16 bits per heavy atom. The SMILES string of the molecule is C[C@@H](CC(=O)N1CCN(S(=O)(=O)c2ccccc2)CC1)n1ccnc1. The van der Waals surface area contributed by atoms with Crippen molar-refractivity contribution in [1.82, 2.24) is 18.8 Å². The summed E-state index contributed by atoms with van der Waals surface area (Å²) in [6.07, 6.45) is 5.60. The third-order valence-corrected chi connectivity index (χ3v) is 6.39. The quantitative estimate of drug-likeness (QED) is 0.805. The fourth-order valence-electron chi connectivity index (χ4n) is 2.94. The molecule has 1 aromatic heterocycles. The van der Waals surface area contributed by atoms with Gasteiger partial charge in [0.2, 0.25) is 15.9 Å². The van der Waals surface area contributed by atoms with Gasteiger partial charge in [-0.15, -0.1) is 0 Å². The maximum Gasteiger partial charge on any atom is 0.243 e. The first-order chi connectivity index (χ1) is 12.0. The first-order valence-corrected chi connectivity index (χ1v) is 9.73. The molecule has 3 rings (SSSR count). The van der Waals surface area contributed by atoms with Crippen LogP contribution in [-0.2, 0) is 14.8 Å². The highest BCUT2D eigenvalue weighted by atomic mass is 32.2. The fourth-order valence-corrected chi connectivity index (χ4v) is 4.38. The predicted octanol–water partition coefficient (Wildman–Crippen LogP) is 1.37. The van der Waals surface area contributed by atoms with Crippen LogP contribution in [0.4, 0.5) is 0 Å². The molecule has 0 aliphatic carbocycles. The van der Waals surface area contributed by atoms with E-state index in [1.165, 1.54) is 4.31 Å². The average Bonchev–Trinajstić information content (AvgIpc) is 3.17. The second kappa shape index (κ2) is 7.37. The van der Waals surface area contributed by atoms with Crippen LogP contribution in [-0.4, -0.2) is 59.3 Å². The molecule has 7 nitrogen and oxygen atoms in total. The normalized spacial score (nSPS) is 17.4. The van der Waals surface area contributed by atoms with Crippen molar-refractivity contribution >= 4 is 15.9 Å². The Morgan fingerprint density at radius 3 is 2.44 bits per heavy atom. The molecular weight excluding hydrogens is 340 g/mol. The minimum atomic E-state index is -3.49. The Bertz CT molecular complexity index is 798. The Morgan fingerprint density at radius 2 is 1.84 bits per heavy atom. The third kappa shape index (κ3) is 3.91. The average molecular weight is 362 g/mol. The first-order valence-electron chi connectivity index (χ1n) is 8.29. The molecule has 25 heavy (non-hydrogen) atoms. The van der Waals surface area contributed by atoms with Crippen LogP contribution in [0.25, 0.3) is 0 Å². The van der Waals surface area contributed by atoms with E-state index in [1.54, 1.807) is 47.8 Å². The van der Waals surface area contributed by atoms with E-state index in [2.05, 4.69) is 4.98 Å². The molecule has 0 radical (unpaired) electrons. The van der Waals surface area contributed by atoms with Gasteiger partial charge in [-0.3, -0.25) is 4.79 Å². The number of aromatic nitrogens is 2. The van der Waals surface area contributed by atoms with E-state index < -0.39 is 10.0 Å². The number of benzene rings is 1. The van der Waals surface area contributed by atoms with Gasteiger partial charge in [0.05, 0.1) is 11.2 Å². The van der Waals surface area contributed by atoms with E-state index in [0.717, 1.165) is 0 Å². The van der Waals surface area contributed by atoms with Gasteiger partial charge in [0.15, 0.2) is 0 Å². The van der Waals surface area contributed by atoms with E-state index in [0.29, 0.717) is 37.5 Å². The van der Waals surface area contributed by atoms with Gasteiger partial charge in [0.25, 0.3) is 0 Å². The number of amides is 1. The van der Waals surface area contributed by atoms with Crippen LogP contribution in [0.3, 0.4) is 0 Å². The Kier molecular flexibility index (Phi) is 5.19. The number of rotatable bonds is 5. The number of hydrogen-bond acceptors (Lipinski definition) is 4. The summed E-state index contributed by atoms with van der Waals surface area (Å²) in [7, 11) is -3.49. The molecule has 2 heterocycles. The van der Waals surface area contributed by atoms with Gasteiger partial charge in [-0.05, 0) is 19.1 Å². The van der Waals surface area contributed by atoms with Gasteiger partial charge in [0, 0.05) is 51.0 Å². The summed E-state index contributed by atoms with van der Waals surface area (Å²) in [5, 5.41) is 0. The molecular formula is C17H22N4O3S. The van der Waals surface area contributed by atoms with Crippen molar-refractivity contribution < 1.29 is 13.2 Å². The van der Waals surface area contributed by atoms with Crippen molar-refractivity contribution in [3.63, 3.8) is 0 Å². The van der Waals surface area contributed by atoms with Crippen molar-refractivity contribution in [3.05, 3.63) is 49.1 Å². The van der Waals surface area contributed by atoms with Crippen LogP contribution in [0.1, 0.15) is 19.4 Å². The van der Waals surface area contributed by atoms with Crippen LogP contribution in [0, 0.1) is 0 Å². The lowest BCUT2D eigenvalue weighted by atomic mass is 10.2. The largest absolute Gasteiger partial charge is 0.340 e. The van der Waals surface area contributed by atoms with Crippen molar-refractivity contribution in [1.29, 1.82) is 0 Å². The molecule has 0 bridgehead atoms. The molecule has 0 N–H and O–H groups in total. The number of carbonyl (C=O) groups excluding carboxylic acids is 1. The zero-order valence-corrected chi connectivity index (χ0v) is 15.0. The topological polar surface area (TPSA) is 75.5 Å². The van der Waals surface area contributed by atoms with Crippen molar-refractivity contribution in [2.75, 3.05) is 26.2 Å². The molecule has 1 aromatic carbocycles. The van der Waals surface area contributed by atoms with E-state index in [-0.39, 0.29) is 11.9 Å². The van der Waals surface area contributed by atoms with Gasteiger partial charge < -0.3 is 9.47 Å². The Balaban J connectivity index is 1.57. The highest BCUT2D eigenvalue weighted by Crippen LogP contribution is 2.18. The number of piperazine rings is 1. The molecule has 1 aliphatic heterocycles. The molecule has 1 atom stereocenters. The first kappa shape index (κ1) is 17.6. The van der Waals surface area contributed by atoms with E-state index in [1.807, 2.05) is 17.7 Å². The van der Waals surface area contributed by atoms with Crippen LogP contribution in [0.5, 0.6) is 0 Å². The van der Waals surface area contributed by atoms with E-state index in [4.69, 9.17) is 0 Å². The van der Waals surface area contributed by atoms with Crippen molar-refractivity contribution in [3.8, 4) is 0 Å². The number of nitrogens with zero attached hydrogens (tertiary/aromatic N) is 4. The molecule has 134 valence electrons. The van der Waals surface area contributed by atoms with Gasteiger partial charge in [0.1, 0.15) is 0 Å². The Labute approximate surface area is 147 Å². The Hall–Kier alpha value is -2.19. The molecule has 1 saturated heterocycles. The monoisotopic (exact) mass is 362 g/mol. The minimum Gasteiger partial charge on any atom is -0.340 e. The van der Waals surface area contributed by atoms with Crippen LogP contribution < -0.4 is 0 Å². The standard InChI is InChI=1S/C17H22N4O3S/c1-15(20-8-7-18-14-20)13-17(22)19-9-11-21(12-10-19)25(23,24)16-5-3-2-4-6-16/h2-8,14-15H,9-13H2,1H3/t15-/m0/s1. The highest BCUT2D eigenvalue weighted by molar-refractivity contribution is 7.89. The molecule has 2 aromatic rings. The van der Waals surface area contributed by atoms with Crippen LogP contribution >= 0.6 is 0 Å². The lowest BCUT2D eigenvalue weighted by Crippen LogP contribution is -2.50. The summed E-state index contributed by atoms with van der Waals surface area (Å²) in [6.45, 7) is 3.45. The summed E-state index contributed by atoms with van der Waals surface area (Å²) in [4.78, 5) is 18.5. The number of hydrogen-bond donors (Lipinski definition) is 0. The maximum atomic E-state index is 12.6. The van der Waals surface area contributed by atoms with E-state index >= 15 is 0 Å². The van der Waals surface area contributed by atoms with Gasteiger partial charge in [-0.2, -0.15) is 4.31 Å². The maximum absolute atomic E-state index is 12.6. The molecule has 0 unspecified atom stereocenters. The summed E-state index contributed by atoms with van der Waals surface area (Å²) in [5.41, 5.74) is 0. The van der Waals surface area contributed by atoms with E-state index in [9.17, 15) is 13.2 Å². The molecule has 0 saturated carbocycles. The molecule has 8 heteroatoms. The zero-order valence-electron chi connectivity index (χ0n) is 14.2. The summed E-state index contributed by atoms with van der Waals surface area (Å²) in [6, 6.07) is 8.44. The number of imidazole rings is 1. The summed E-state index contributed by atoms with van der Waals surface area (Å²) >= 11 is 0. The minimum absolute atomic E-state index is 0.0288. The lowest BCUT2D eigenvalue weighted by molar-refractivity contribution is -0.133. The second-order valence-electron chi connectivity index (χ2n) is 6.16. The van der Waals surface area contributed by atoms with Crippen LogP contribution in [0.2, 0.25) is 0 Å². The second-order valence-corrected chi connectivity index (χ2v) is 8.10. The third-order valence-electron chi connectivity index (χ3n) is 4.48. The fraction of sp³-hybridized carbons (Fsp3) is 0.412. The molecule has 0 spiro atoms. The summed E-state index contributed by atoms with van der Waals surface area (Å²) in [5.74, 6) is 0.0398. The number of carbonyl (C=O) groups is 1. The van der Waals surface area contributed by atoms with Gasteiger partial charge >= 0.3 is 0 Å². The smallest absolute Gasteiger partial charge is 0.243 e. The molecule has 1 amide bonds. The molecule has 1 fully saturated rings. The predicted molar refractivity (Wildman–Crippen MR) is 93.3 cm³/mol. The van der Waals surface area contributed by atoms with Crippen molar-refractivity contribution in [2.24, 2.45) is 0 Å². The van der Waals surface area contributed by atoms with Gasteiger partial charge in [-0.25, -0.2) is 13.4 Å². The summed E-state index contributed by atoms with van der Waals surface area (Å²) < 4.78 is 28.6. The highest BCUT2D eigenvalue weighted by Gasteiger charge is 2.30. The molecule has 1 aliphatic rings. The zero-order chi connectivity index (χ0) is 17.9. The van der Waals surface area contributed by atoms with Gasteiger partial charge in [-0.1, -0.05) is 18.2 Å². The van der Waals surface area contributed by atoms with Crippen molar-refractivity contribution in [2.45, 2.75) is 24.3 Å².